The zero-order chi connectivity index (χ0) is 10.6. The number of anilines is 1. The van der Waals surface area contributed by atoms with Crippen molar-refractivity contribution in [1.82, 2.24) is 0 Å². The van der Waals surface area contributed by atoms with E-state index in [2.05, 4.69) is 19.3 Å². The molecule has 0 aliphatic carbocycles. The number of benzene rings is 1. The van der Waals surface area contributed by atoms with Gasteiger partial charge in [0.15, 0.2) is 0 Å². The summed E-state index contributed by atoms with van der Waals surface area (Å²) in [7, 11) is 0. The van der Waals surface area contributed by atoms with Crippen LogP contribution in [0.15, 0.2) is 18.2 Å². The van der Waals surface area contributed by atoms with E-state index < -0.39 is 0 Å². The number of hydrazine groups is 1. The van der Waals surface area contributed by atoms with Gasteiger partial charge in [-0.05, 0) is 36.5 Å². The summed E-state index contributed by atoms with van der Waals surface area (Å²) in [6.07, 6.45) is 2.20. The fraction of sp³-hybridized carbons (Fsp3) is 0.455. The topological polar surface area (TPSA) is 58.3 Å². The number of nitrogens with two attached hydrogens (primary N) is 1. The minimum atomic E-state index is 0.196. The number of nitrogens with one attached hydrogen (secondary N) is 1. The predicted octanol–water partition coefficient (Wildman–Crippen LogP) is 2.58. The number of phenols is 1. The summed E-state index contributed by atoms with van der Waals surface area (Å²) in [4.78, 5) is 0. The van der Waals surface area contributed by atoms with Gasteiger partial charge in [0, 0.05) is 0 Å². The molecule has 0 aromatic heterocycles. The Morgan fingerprint density at radius 2 is 2.00 bits per heavy atom. The molecule has 0 bridgehead atoms. The average molecular weight is 194 g/mol. The second-order valence-electron chi connectivity index (χ2n) is 3.43. The van der Waals surface area contributed by atoms with Crippen LogP contribution in [0.2, 0.25) is 0 Å². The SMILES string of the molecule is CCC(CC)c1ccc(O)c(NN)c1. The smallest absolute Gasteiger partial charge is 0.140 e. The van der Waals surface area contributed by atoms with E-state index in [1.165, 1.54) is 5.56 Å². The van der Waals surface area contributed by atoms with Crippen molar-refractivity contribution in [2.24, 2.45) is 5.84 Å². The van der Waals surface area contributed by atoms with E-state index in [0.29, 0.717) is 11.6 Å². The first-order valence-electron chi connectivity index (χ1n) is 5.02. The molecule has 0 saturated heterocycles. The van der Waals surface area contributed by atoms with Crippen molar-refractivity contribution in [3.8, 4) is 5.75 Å². The third-order valence-electron chi connectivity index (χ3n) is 2.63. The molecular formula is C11H18N2O. The van der Waals surface area contributed by atoms with Gasteiger partial charge in [0.1, 0.15) is 5.75 Å². The molecule has 0 spiro atoms. The van der Waals surface area contributed by atoms with Crippen LogP contribution in [0.3, 0.4) is 0 Å². The molecular weight excluding hydrogens is 176 g/mol. The van der Waals surface area contributed by atoms with E-state index in [0.717, 1.165) is 12.8 Å². The van der Waals surface area contributed by atoms with Crippen LogP contribution in [0.1, 0.15) is 38.2 Å². The van der Waals surface area contributed by atoms with E-state index in [1.807, 2.05) is 12.1 Å². The first kappa shape index (κ1) is 10.9. The third kappa shape index (κ3) is 2.17. The first-order chi connectivity index (χ1) is 6.72. The van der Waals surface area contributed by atoms with E-state index in [1.54, 1.807) is 6.07 Å². The Morgan fingerprint density at radius 1 is 1.36 bits per heavy atom. The number of aromatic hydroxyl groups is 1. The number of hydrogen-bond acceptors (Lipinski definition) is 3. The Bertz CT molecular complexity index is 295. The van der Waals surface area contributed by atoms with Gasteiger partial charge >= 0.3 is 0 Å². The van der Waals surface area contributed by atoms with Gasteiger partial charge in [-0.1, -0.05) is 19.9 Å². The Morgan fingerprint density at radius 3 is 2.50 bits per heavy atom. The Labute approximate surface area is 84.9 Å². The monoisotopic (exact) mass is 194 g/mol. The zero-order valence-corrected chi connectivity index (χ0v) is 8.75. The van der Waals surface area contributed by atoms with Crippen LogP contribution in [-0.4, -0.2) is 5.11 Å². The van der Waals surface area contributed by atoms with Crippen molar-refractivity contribution in [1.29, 1.82) is 0 Å². The molecule has 14 heavy (non-hydrogen) atoms. The highest BCUT2D eigenvalue weighted by Crippen LogP contribution is 2.29. The van der Waals surface area contributed by atoms with Crippen LogP contribution < -0.4 is 11.3 Å². The molecule has 78 valence electrons. The molecule has 1 rings (SSSR count). The standard InChI is InChI=1S/C11H18N2O/c1-3-8(4-2)9-5-6-11(14)10(7-9)13-12/h5-8,13-14H,3-4,12H2,1-2H3. The molecule has 3 heteroatoms. The van der Waals surface area contributed by atoms with Crippen LogP contribution in [0.5, 0.6) is 5.75 Å². The number of nitrogen functional groups attached to an aromatic ring is 1. The normalized spacial score (nSPS) is 10.6. The molecule has 0 radical (unpaired) electrons. The highest BCUT2D eigenvalue weighted by atomic mass is 16.3. The second-order valence-corrected chi connectivity index (χ2v) is 3.43. The minimum absolute atomic E-state index is 0.196. The molecule has 3 nitrogen and oxygen atoms in total. The van der Waals surface area contributed by atoms with Gasteiger partial charge in [-0.15, -0.1) is 0 Å². The number of hydrogen-bond donors (Lipinski definition) is 3. The fourth-order valence-corrected chi connectivity index (χ4v) is 1.68. The van der Waals surface area contributed by atoms with Gasteiger partial charge in [0.05, 0.1) is 5.69 Å². The number of phenolic OH excluding ortho intramolecular Hbond substituents is 1. The lowest BCUT2D eigenvalue weighted by Gasteiger charge is -2.14. The molecule has 0 amide bonds. The van der Waals surface area contributed by atoms with E-state index >= 15 is 0 Å². The molecule has 1 aromatic rings. The van der Waals surface area contributed by atoms with Crippen molar-refractivity contribution in [2.75, 3.05) is 5.43 Å². The highest BCUT2D eigenvalue weighted by molar-refractivity contribution is 5.56. The van der Waals surface area contributed by atoms with Crippen molar-refractivity contribution < 1.29 is 5.11 Å². The molecule has 0 atom stereocenters. The summed E-state index contributed by atoms with van der Waals surface area (Å²) in [6, 6.07) is 5.55. The van der Waals surface area contributed by atoms with Crippen molar-refractivity contribution in [3.05, 3.63) is 23.8 Å². The molecule has 0 aliphatic rings. The van der Waals surface area contributed by atoms with Crippen LogP contribution in [0, 0.1) is 0 Å². The Kier molecular flexibility index (Phi) is 3.77. The van der Waals surface area contributed by atoms with Crippen LogP contribution in [0.4, 0.5) is 5.69 Å². The van der Waals surface area contributed by atoms with Crippen LogP contribution >= 0.6 is 0 Å². The molecule has 4 N–H and O–H groups in total. The lowest BCUT2D eigenvalue weighted by Crippen LogP contribution is -2.07. The molecule has 0 aliphatic heterocycles. The van der Waals surface area contributed by atoms with Crippen LogP contribution in [-0.2, 0) is 0 Å². The van der Waals surface area contributed by atoms with E-state index in [9.17, 15) is 5.11 Å². The molecule has 0 saturated carbocycles. The summed E-state index contributed by atoms with van der Waals surface area (Å²) in [5, 5.41) is 9.42. The lowest BCUT2D eigenvalue weighted by molar-refractivity contribution is 0.476. The second kappa shape index (κ2) is 4.86. The Hall–Kier alpha value is -1.22. The molecule has 1 aromatic carbocycles. The quantitative estimate of drug-likeness (QED) is 0.392. The maximum atomic E-state index is 9.42. The molecule has 0 heterocycles. The lowest BCUT2D eigenvalue weighted by atomic mass is 9.93. The van der Waals surface area contributed by atoms with Gasteiger partial charge in [-0.25, -0.2) is 0 Å². The van der Waals surface area contributed by atoms with Gasteiger partial charge in [0.25, 0.3) is 0 Å². The minimum Gasteiger partial charge on any atom is -0.506 e. The largest absolute Gasteiger partial charge is 0.506 e. The summed E-state index contributed by atoms with van der Waals surface area (Å²) in [5.41, 5.74) is 4.30. The average Bonchev–Trinajstić information content (AvgIpc) is 2.22. The van der Waals surface area contributed by atoms with Gasteiger partial charge in [0.2, 0.25) is 0 Å². The summed E-state index contributed by atoms with van der Waals surface area (Å²) < 4.78 is 0. The maximum absolute atomic E-state index is 9.42. The fourth-order valence-electron chi connectivity index (χ4n) is 1.68. The maximum Gasteiger partial charge on any atom is 0.140 e. The molecule has 0 unspecified atom stereocenters. The molecule has 0 fully saturated rings. The first-order valence-corrected chi connectivity index (χ1v) is 5.02. The van der Waals surface area contributed by atoms with Gasteiger partial charge in [-0.3, -0.25) is 5.84 Å². The van der Waals surface area contributed by atoms with E-state index in [-0.39, 0.29) is 5.75 Å². The summed E-state index contributed by atoms with van der Waals surface area (Å²) in [5.74, 6) is 6.03. The van der Waals surface area contributed by atoms with Crippen molar-refractivity contribution in [3.63, 3.8) is 0 Å². The number of rotatable bonds is 4. The highest BCUT2D eigenvalue weighted by Gasteiger charge is 2.08. The predicted molar refractivity (Wildman–Crippen MR) is 59.2 cm³/mol. The van der Waals surface area contributed by atoms with Crippen molar-refractivity contribution in [2.45, 2.75) is 32.6 Å². The van der Waals surface area contributed by atoms with Gasteiger partial charge < -0.3 is 10.5 Å². The Balaban J connectivity index is 2.98. The van der Waals surface area contributed by atoms with E-state index in [4.69, 9.17) is 5.84 Å². The zero-order valence-electron chi connectivity index (χ0n) is 8.75. The van der Waals surface area contributed by atoms with Crippen LogP contribution in [0.25, 0.3) is 0 Å². The third-order valence-corrected chi connectivity index (χ3v) is 2.63. The summed E-state index contributed by atoms with van der Waals surface area (Å²) in [6.45, 7) is 4.33. The van der Waals surface area contributed by atoms with Crippen molar-refractivity contribution >= 4 is 5.69 Å². The van der Waals surface area contributed by atoms with Gasteiger partial charge in [-0.2, -0.15) is 0 Å². The summed E-state index contributed by atoms with van der Waals surface area (Å²) >= 11 is 0.